The standard InChI is InChI=1S/C10H10Cl2N2O2/c11-6-10(16)14-13-9(15)5-7-1-3-8(12)4-2-7/h1-4H,5-6H2,(H,13,15)(H,14,16). The van der Waals surface area contributed by atoms with Crippen molar-refractivity contribution in [1.29, 1.82) is 0 Å². The van der Waals surface area contributed by atoms with Gasteiger partial charge < -0.3 is 0 Å². The van der Waals surface area contributed by atoms with Gasteiger partial charge in [-0.3, -0.25) is 20.4 Å². The van der Waals surface area contributed by atoms with Crippen molar-refractivity contribution < 1.29 is 9.59 Å². The smallest absolute Gasteiger partial charge is 0.253 e. The Bertz CT molecular complexity index is 379. The maximum absolute atomic E-state index is 11.3. The van der Waals surface area contributed by atoms with E-state index in [1.54, 1.807) is 24.3 Å². The Labute approximate surface area is 103 Å². The Hall–Kier alpha value is -1.26. The third-order valence-corrected chi connectivity index (χ3v) is 2.24. The van der Waals surface area contributed by atoms with Crippen LogP contribution in [0.4, 0.5) is 0 Å². The number of carbonyl (C=O) groups excluding carboxylic acids is 2. The number of alkyl halides is 1. The van der Waals surface area contributed by atoms with E-state index in [9.17, 15) is 9.59 Å². The average Bonchev–Trinajstić information content (AvgIpc) is 2.29. The van der Waals surface area contributed by atoms with Crippen LogP contribution in [0.15, 0.2) is 24.3 Å². The lowest BCUT2D eigenvalue weighted by atomic mass is 10.1. The van der Waals surface area contributed by atoms with E-state index in [0.717, 1.165) is 5.56 Å². The normalized spacial score (nSPS) is 9.62. The molecule has 0 atom stereocenters. The van der Waals surface area contributed by atoms with Crippen LogP contribution in [0.2, 0.25) is 5.02 Å². The zero-order valence-electron chi connectivity index (χ0n) is 8.30. The minimum absolute atomic E-state index is 0.166. The van der Waals surface area contributed by atoms with Gasteiger partial charge >= 0.3 is 0 Å². The third kappa shape index (κ3) is 4.51. The molecule has 0 aliphatic carbocycles. The Morgan fingerprint density at radius 2 is 1.62 bits per heavy atom. The molecular formula is C10H10Cl2N2O2. The molecule has 1 aromatic rings. The molecule has 0 radical (unpaired) electrons. The van der Waals surface area contributed by atoms with Crippen LogP contribution in [0.25, 0.3) is 0 Å². The van der Waals surface area contributed by atoms with Crippen LogP contribution in [0.5, 0.6) is 0 Å². The molecule has 0 aliphatic heterocycles. The van der Waals surface area contributed by atoms with Gasteiger partial charge in [0.1, 0.15) is 5.88 Å². The Kier molecular flexibility index (Phi) is 5.08. The Balaban J connectivity index is 2.40. The number of rotatable bonds is 3. The minimum Gasteiger partial charge on any atom is -0.273 e. The van der Waals surface area contributed by atoms with Crippen LogP contribution in [0.1, 0.15) is 5.56 Å². The molecule has 16 heavy (non-hydrogen) atoms. The van der Waals surface area contributed by atoms with Gasteiger partial charge in [0, 0.05) is 5.02 Å². The number of benzene rings is 1. The molecule has 0 spiro atoms. The number of halogens is 2. The third-order valence-electron chi connectivity index (χ3n) is 1.74. The summed E-state index contributed by atoms with van der Waals surface area (Å²) in [5, 5.41) is 0.611. The molecule has 2 N–H and O–H groups in total. The second-order valence-electron chi connectivity index (χ2n) is 3.03. The van der Waals surface area contributed by atoms with E-state index in [-0.39, 0.29) is 18.2 Å². The monoisotopic (exact) mass is 260 g/mol. The van der Waals surface area contributed by atoms with Gasteiger partial charge in [0.2, 0.25) is 5.91 Å². The van der Waals surface area contributed by atoms with Crippen LogP contribution in [-0.2, 0) is 16.0 Å². The van der Waals surface area contributed by atoms with Crippen LogP contribution in [0, 0.1) is 0 Å². The largest absolute Gasteiger partial charge is 0.273 e. The highest BCUT2D eigenvalue weighted by molar-refractivity contribution is 6.30. The van der Waals surface area contributed by atoms with E-state index in [1.165, 1.54) is 0 Å². The Morgan fingerprint density at radius 3 is 2.19 bits per heavy atom. The van der Waals surface area contributed by atoms with Gasteiger partial charge in [-0.05, 0) is 17.7 Å². The van der Waals surface area contributed by atoms with Crippen molar-refractivity contribution in [2.75, 3.05) is 5.88 Å². The van der Waals surface area contributed by atoms with Crippen molar-refractivity contribution in [1.82, 2.24) is 10.9 Å². The molecule has 0 unspecified atom stereocenters. The minimum atomic E-state index is -0.453. The van der Waals surface area contributed by atoms with Crippen molar-refractivity contribution >= 4 is 35.0 Å². The van der Waals surface area contributed by atoms with E-state index in [0.29, 0.717) is 5.02 Å². The van der Waals surface area contributed by atoms with Gasteiger partial charge in [0.25, 0.3) is 5.91 Å². The van der Waals surface area contributed by atoms with Crippen molar-refractivity contribution in [3.8, 4) is 0 Å². The molecule has 1 rings (SSSR count). The summed E-state index contributed by atoms with van der Waals surface area (Å²) in [6.45, 7) is 0. The molecule has 1 aromatic carbocycles. The summed E-state index contributed by atoms with van der Waals surface area (Å²) in [6, 6.07) is 6.87. The highest BCUT2D eigenvalue weighted by Gasteiger charge is 2.04. The molecule has 0 saturated carbocycles. The zero-order chi connectivity index (χ0) is 12.0. The number of hydrogen-bond acceptors (Lipinski definition) is 2. The van der Waals surface area contributed by atoms with Gasteiger partial charge in [-0.15, -0.1) is 11.6 Å². The molecule has 0 fully saturated rings. The van der Waals surface area contributed by atoms with Gasteiger partial charge in [-0.25, -0.2) is 0 Å². The van der Waals surface area contributed by atoms with E-state index < -0.39 is 5.91 Å². The van der Waals surface area contributed by atoms with Crippen LogP contribution >= 0.6 is 23.2 Å². The van der Waals surface area contributed by atoms with Crippen molar-refractivity contribution in [2.24, 2.45) is 0 Å². The lowest BCUT2D eigenvalue weighted by molar-refractivity contribution is -0.127. The quantitative estimate of drug-likeness (QED) is 0.635. The van der Waals surface area contributed by atoms with Crippen molar-refractivity contribution in [3.63, 3.8) is 0 Å². The number of hydrogen-bond donors (Lipinski definition) is 2. The molecule has 0 aliphatic rings. The predicted molar refractivity (Wildman–Crippen MR) is 62.2 cm³/mol. The molecule has 0 saturated heterocycles. The topological polar surface area (TPSA) is 58.2 Å². The highest BCUT2D eigenvalue weighted by Crippen LogP contribution is 2.09. The molecule has 0 heterocycles. The molecule has 0 aromatic heterocycles. The lowest BCUT2D eigenvalue weighted by Crippen LogP contribution is -2.42. The summed E-state index contributed by atoms with van der Waals surface area (Å²) in [7, 11) is 0. The number of amides is 2. The first kappa shape index (κ1) is 12.8. The summed E-state index contributed by atoms with van der Waals surface area (Å²) in [4.78, 5) is 22.1. The second kappa shape index (κ2) is 6.35. The average molecular weight is 261 g/mol. The summed E-state index contributed by atoms with van der Waals surface area (Å²) in [5.41, 5.74) is 5.22. The first-order chi connectivity index (χ1) is 7.61. The summed E-state index contributed by atoms with van der Waals surface area (Å²) in [5.74, 6) is -0.965. The highest BCUT2D eigenvalue weighted by atomic mass is 35.5. The fourth-order valence-electron chi connectivity index (χ4n) is 1.00. The van der Waals surface area contributed by atoms with E-state index >= 15 is 0 Å². The van der Waals surface area contributed by atoms with E-state index in [4.69, 9.17) is 23.2 Å². The molecule has 6 heteroatoms. The van der Waals surface area contributed by atoms with Gasteiger partial charge in [0.05, 0.1) is 6.42 Å². The lowest BCUT2D eigenvalue weighted by Gasteiger charge is -2.05. The second-order valence-corrected chi connectivity index (χ2v) is 3.74. The van der Waals surface area contributed by atoms with Gasteiger partial charge in [0.15, 0.2) is 0 Å². The zero-order valence-corrected chi connectivity index (χ0v) is 9.81. The first-order valence-electron chi connectivity index (χ1n) is 4.50. The van der Waals surface area contributed by atoms with Crippen LogP contribution < -0.4 is 10.9 Å². The van der Waals surface area contributed by atoms with E-state index in [2.05, 4.69) is 10.9 Å². The number of nitrogens with one attached hydrogen (secondary N) is 2. The number of hydrazine groups is 1. The molecule has 86 valence electrons. The summed E-state index contributed by atoms with van der Waals surface area (Å²) in [6.07, 6.45) is 0.166. The molecule has 4 nitrogen and oxygen atoms in total. The SMILES string of the molecule is O=C(CCl)NNC(=O)Cc1ccc(Cl)cc1. The first-order valence-corrected chi connectivity index (χ1v) is 5.41. The summed E-state index contributed by atoms with van der Waals surface area (Å²) >= 11 is 10.9. The van der Waals surface area contributed by atoms with Gasteiger partial charge in [-0.1, -0.05) is 23.7 Å². The molecule has 0 bridgehead atoms. The van der Waals surface area contributed by atoms with E-state index in [1.807, 2.05) is 0 Å². The number of carbonyl (C=O) groups is 2. The fraction of sp³-hybridized carbons (Fsp3) is 0.200. The fourth-order valence-corrected chi connectivity index (χ4v) is 1.20. The van der Waals surface area contributed by atoms with Crippen LogP contribution in [-0.4, -0.2) is 17.7 Å². The molecule has 2 amide bonds. The van der Waals surface area contributed by atoms with Crippen molar-refractivity contribution in [2.45, 2.75) is 6.42 Å². The Morgan fingerprint density at radius 1 is 1.06 bits per heavy atom. The maximum atomic E-state index is 11.3. The van der Waals surface area contributed by atoms with Gasteiger partial charge in [-0.2, -0.15) is 0 Å². The maximum Gasteiger partial charge on any atom is 0.253 e. The van der Waals surface area contributed by atoms with Crippen molar-refractivity contribution in [3.05, 3.63) is 34.9 Å². The molecular weight excluding hydrogens is 251 g/mol. The predicted octanol–water partition coefficient (Wildman–Crippen LogP) is 1.27. The summed E-state index contributed by atoms with van der Waals surface area (Å²) < 4.78 is 0. The van der Waals surface area contributed by atoms with Crippen LogP contribution in [0.3, 0.4) is 0 Å².